The summed E-state index contributed by atoms with van der Waals surface area (Å²) >= 11 is 7.21. The van der Waals surface area contributed by atoms with Crippen molar-refractivity contribution in [2.45, 2.75) is 25.9 Å². The van der Waals surface area contributed by atoms with Gasteiger partial charge in [0.2, 0.25) is 0 Å². The summed E-state index contributed by atoms with van der Waals surface area (Å²) in [6, 6.07) is 2.86. The SMILES string of the molecule is CSCCC(C)N(C)CCNCc1cc(Br)cs1. The zero-order valence-corrected chi connectivity index (χ0v) is 14.6. The molecule has 0 aliphatic rings. The Kier molecular flexibility index (Phi) is 8.59. The number of likely N-dealkylation sites (N-methyl/N-ethyl adjacent to an activating group) is 1. The Balaban J connectivity index is 2.09. The molecule has 1 rings (SSSR count). The van der Waals surface area contributed by atoms with Crippen molar-refractivity contribution >= 4 is 39.0 Å². The summed E-state index contributed by atoms with van der Waals surface area (Å²) in [6.45, 7) is 5.45. The molecule has 0 fully saturated rings. The van der Waals surface area contributed by atoms with Crippen LogP contribution in [0, 0.1) is 0 Å². The predicted molar refractivity (Wildman–Crippen MR) is 88.8 cm³/mol. The molecule has 0 bridgehead atoms. The molecule has 0 amide bonds. The van der Waals surface area contributed by atoms with Crippen LogP contribution in [-0.2, 0) is 6.54 Å². The number of nitrogens with zero attached hydrogens (tertiary/aromatic N) is 1. The van der Waals surface area contributed by atoms with Crippen LogP contribution in [0.3, 0.4) is 0 Å². The van der Waals surface area contributed by atoms with E-state index in [0.717, 1.165) is 19.6 Å². The molecule has 0 aromatic carbocycles. The van der Waals surface area contributed by atoms with E-state index in [0.29, 0.717) is 6.04 Å². The first kappa shape index (κ1) is 16.5. The smallest absolute Gasteiger partial charge is 0.0300 e. The second kappa shape index (κ2) is 9.37. The first-order valence-corrected chi connectivity index (χ1v) is 9.33. The van der Waals surface area contributed by atoms with Gasteiger partial charge in [-0.15, -0.1) is 11.3 Å². The number of thioether (sulfide) groups is 1. The summed E-state index contributed by atoms with van der Waals surface area (Å²) in [5.74, 6) is 1.25. The number of hydrogen-bond acceptors (Lipinski definition) is 4. The standard InChI is InChI=1S/C13H23BrN2S2/c1-11(4-7-17-3)16(2)6-5-15-9-13-8-12(14)10-18-13/h8,10-11,15H,4-7,9H2,1-3H3. The van der Waals surface area contributed by atoms with Crippen molar-refractivity contribution in [3.8, 4) is 0 Å². The molecule has 0 aliphatic carbocycles. The quantitative estimate of drug-likeness (QED) is 0.684. The molecular weight excluding hydrogens is 328 g/mol. The number of thiophene rings is 1. The Labute approximate surface area is 128 Å². The number of halogens is 1. The van der Waals surface area contributed by atoms with Gasteiger partial charge in [-0.05, 0) is 54.4 Å². The lowest BCUT2D eigenvalue weighted by atomic mass is 10.2. The summed E-state index contributed by atoms with van der Waals surface area (Å²) in [6.07, 6.45) is 3.45. The van der Waals surface area contributed by atoms with Gasteiger partial charge < -0.3 is 10.2 Å². The first-order chi connectivity index (χ1) is 8.63. The third kappa shape index (κ3) is 6.57. The van der Waals surface area contributed by atoms with Crippen molar-refractivity contribution in [3.63, 3.8) is 0 Å². The van der Waals surface area contributed by atoms with Crippen molar-refractivity contribution < 1.29 is 0 Å². The first-order valence-electron chi connectivity index (χ1n) is 6.26. The normalized spacial score (nSPS) is 13.2. The molecule has 104 valence electrons. The van der Waals surface area contributed by atoms with E-state index in [4.69, 9.17) is 0 Å². The molecule has 0 saturated carbocycles. The Morgan fingerprint density at radius 1 is 1.56 bits per heavy atom. The average Bonchev–Trinajstić information content (AvgIpc) is 2.77. The lowest BCUT2D eigenvalue weighted by molar-refractivity contribution is 0.253. The van der Waals surface area contributed by atoms with Gasteiger partial charge in [-0.25, -0.2) is 0 Å². The summed E-state index contributed by atoms with van der Waals surface area (Å²) in [5, 5.41) is 5.63. The summed E-state index contributed by atoms with van der Waals surface area (Å²) in [5.41, 5.74) is 0. The molecule has 0 radical (unpaired) electrons. The maximum absolute atomic E-state index is 3.50. The van der Waals surface area contributed by atoms with Gasteiger partial charge in [-0.2, -0.15) is 11.8 Å². The third-order valence-corrected chi connectivity index (χ3v) is 5.40. The minimum atomic E-state index is 0.676. The Bertz CT molecular complexity index is 331. The second-order valence-electron chi connectivity index (χ2n) is 4.52. The highest BCUT2D eigenvalue weighted by Crippen LogP contribution is 2.19. The summed E-state index contributed by atoms with van der Waals surface area (Å²) in [4.78, 5) is 3.83. The Morgan fingerprint density at radius 3 is 2.94 bits per heavy atom. The fraction of sp³-hybridized carbons (Fsp3) is 0.692. The van der Waals surface area contributed by atoms with Gasteiger partial charge in [0.25, 0.3) is 0 Å². The minimum absolute atomic E-state index is 0.676. The van der Waals surface area contributed by atoms with E-state index in [1.54, 1.807) is 11.3 Å². The highest BCUT2D eigenvalue weighted by molar-refractivity contribution is 9.10. The van der Waals surface area contributed by atoms with Gasteiger partial charge in [0.1, 0.15) is 0 Å². The molecule has 1 heterocycles. The molecule has 5 heteroatoms. The van der Waals surface area contributed by atoms with Crippen LogP contribution in [0.15, 0.2) is 15.9 Å². The number of rotatable bonds is 9. The van der Waals surface area contributed by atoms with Crippen molar-refractivity contribution in [2.24, 2.45) is 0 Å². The van der Waals surface area contributed by atoms with Gasteiger partial charge in [0.15, 0.2) is 0 Å². The van der Waals surface area contributed by atoms with Crippen molar-refractivity contribution in [2.75, 3.05) is 32.1 Å². The number of hydrogen-bond donors (Lipinski definition) is 1. The molecule has 1 aromatic rings. The molecule has 1 unspecified atom stereocenters. The molecule has 1 atom stereocenters. The maximum Gasteiger partial charge on any atom is 0.0300 e. The molecule has 18 heavy (non-hydrogen) atoms. The predicted octanol–water partition coefficient (Wildman–Crippen LogP) is 3.67. The van der Waals surface area contributed by atoms with Crippen LogP contribution in [-0.4, -0.2) is 43.1 Å². The molecule has 0 saturated heterocycles. The molecular formula is C13H23BrN2S2. The van der Waals surface area contributed by atoms with E-state index in [1.165, 1.54) is 21.5 Å². The van der Waals surface area contributed by atoms with Gasteiger partial charge in [-0.3, -0.25) is 0 Å². The minimum Gasteiger partial charge on any atom is -0.311 e. The average molecular weight is 351 g/mol. The molecule has 2 nitrogen and oxygen atoms in total. The van der Waals surface area contributed by atoms with E-state index in [9.17, 15) is 0 Å². The van der Waals surface area contributed by atoms with Gasteiger partial charge >= 0.3 is 0 Å². The van der Waals surface area contributed by atoms with E-state index in [1.807, 2.05) is 11.8 Å². The highest BCUT2D eigenvalue weighted by atomic mass is 79.9. The van der Waals surface area contributed by atoms with E-state index < -0.39 is 0 Å². The molecule has 1 aromatic heterocycles. The zero-order chi connectivity index (χ0) is 13.4. The molecule has 1 N–H and O–H groups in total. The van der Waals surface area contributed by atoms with Crippen LogP contribution in [0.5, 0.6) is 0 Å². The van der Waals surface area contributed by atoms with Crippen LogP contribution in [0.4, 0.5) is 0 Å². The van der Waals surface area contributed by atoms with Crippen LogP contribution in [0.1, 0.15) is 18.2 Å². The second-order valence-corrected chi connectivity index (χ2v) is 7.42. The topological polar surface area (TPSA) is 15.3 Å². The number of nitrogens with one attached hydrogen (secondary N) is 1. The van der Waals surface area contributed by atoms with Crippen molar-refractivity contribution in [1.29, 1.82) is 0 Å². The zero-order valence-electron chi connectivity index (χ0n) is 11.4. The van der Waals surface area contributed by atoms with Crippen LogP contribution in [0.2, 0.25) is 0 Å². The van der Waals surface area contributed by atoms with E-state index in [-0.39, 0.29) is 0 Å². The molecule has 0 spiro atoms. The van der Waals surface area contributed by atoms with Crippen LogP contribution >= 0.6 is 39.0 Å². The third-order valence-electron chi connectivity index (χ3n) is 3.05. The molecule has 0 aliphatic heterocycles. The fourth-order valence-corrected chi connectivity index (χ4v) is 3.64. The fourth-order valence-electron chi connectivity index (χ4n) is 1.64. The van der Waals surface area contributed by atoms with E-state index >= 15 is 0 Å². The summed E-state index contributed by atoms with van der Waals surface area (Å²) < 4.78 is 1.19. The van der Waals surface area contributed by atoms with Gasteiger partial charge in [0.05, 0.1) is 0 Å². The van der Waals surface area contributed by atoms with Crippen molar-refractivity contribution in [3.05, 3.63) is 20.8 Å². The highest BCUT2D eigenvalue weighted by Gasteiger charge is 2.07. The lowest BCUT2D eigenvalue weighted by Gasteiger charge is -2.24. The Morgan fingerprint density at radius 2 is 2.33 bits per heavy atom. The van der Waals surface area contributed by atoms with Gasteiger partial charge in [-0.1, -0.05) is 0 Å². The van der Waals surface area contributed by atoms with Crippen molar-refractivity contribution in [1.82, 2.24) is 10.2 Å². The van der Waals surface area contributed by atoms with E-state index in [2.05, 4.69) is 57.8 Å². The van der Waals surface area contributed by atoms with Crippen LogP contribution < -0.4 is 5.32 Å². The monoisotopic (exact) mass is 350 g/mol. The lowest BCUT2D eigenvalue weighted by Crippen LogP contribution is -2.35. The maximum atomic E-state index is 3.50. The Hall–Kier alpha value is 0.450. The van der Waals surface area contributed by atoms with Crippen LogP contribution in [0.25, 0.3) is 0 Å². The summed E-state index contributed by atoms with van der Waals surface area (Å²) in [7, 11) is 2.22. The largest absolute Gasteiger partial charge is 0.311 e. The van der Waals surface area contributed by atoms with Gasteiger partial charge in [0, 0.05) is 40.4 Å².